The first-order chi connectivity index (χ1) is 16.4. The number of hydrogen-bond donors (Lipinski definition) is 0. The normalized spacial score (nSPS) is 12.5. The van der Waals surface area contributed by atoms with Crippen molar-refractivity contribution >= 4 is 52.4 Å². The first-order valence-electron chi connectivity index (χ1n) is 10.3. The molecule has 0 aliphatic carbocycles. The molecule has 6 nitrogen and oxygen atoms in total. The van der Waals surface area contributed by atoms with E-state index in [0.717, 1.165) is 21.2 Å². The Hall–Kier alpha value is -3.81. The quantitative estimate of drug-likeness (QED) is 0.167. The zero-order valence-corrected chi connectivity index (χ0v) is 19.5. The number of halogens is 1. The van der Waals surface area contributed by atoms with Crippen molar-refractivity contribution in [3.8, 4) is 11.3 Å². The van der Waals surface area contributed by atoms with Crippen molar-refractivity contribution in [1.82, 2.24) is 0 Å². The van der Waals surface area contributed by atoms with E-state index in [1.54, 1.807) is 66.1 Å². The third-order valence-electron chi connectivity index (χ3n) is 5.49. The summed E-state index contributed by atoms with van der Waals surface area (Å²) in [7, 11) is 0. The van der Waals surface area contributed by atoms with Crippen LogP contribution in [0, 0.1) is 17.0 Å². The van der Waals surface area contributed by atoms with Gasteiger partial charge in [0.1, 0.15) is 11.5 Å². The van der Waals surface area contributed by atoms with Gasteiger partial charge in [0.05, 0.1) is 16.3 Å². The minimum Gasteiger partial charge on any atom is -0.457 e. The monoisotopic (exact) mass is 488 g/mol. The molecule has 8 heteroatoms. The van der Waals surface area contributed by atoms with Gasteiger partial charge in [-0.25, -0.2) is 0 Å². The second-order valence-electron chi connectivity index (χ2n) is 7.60. The van der Waals surface area contributed by atoms with E-state index in [4.69, 9.17) is 16.0 Å². The van der Waals surface area contributed by atoms with Gasteiger partial charge in [-0.05, 0) is 55.5 Å². The van der Waals surface area contributed by atoms with Gasteiger partial charge < -0.3 is 4.42 Å². The maximum absolute atomic E-state index is 13.3. The molecule has 0 N–H and O–H groups in total. The molecule has 1 aliphatic rings. The number of carbonyl (C=O) groups excluding carboxylic acids is 1. The molecule has 1 amide bonds. The molecule has 1 aliphatic heterocycles. The Morgan fingerprint density at radius 2 is 1.82 bits per heavy atom. The number of furan rings is 1. The van der Waals surface area contributed by atoms with Crippen LogP contribution in [-0.2, 0) is 4.79 Å². The molecule has 0 radical (unpaired) electrons. The molecule has 0 fully saturated rings. The van der Waals surface area contributed by atoms with Gasteiger partial charge in [-0.2, -0.15) is 0 Å². The Morgan fingerprint density at radius 3 is 2.65 bits per heavy atom. The third-order valence-corrected chi connectivity index (χ3v) is 6.86. The van der Waals surface area contributed by atoms with Crippen LogP contribution in [-0.4, -0.2) is 10.8 Å². The van der Waals surface area contributed by atoms with Gasteiger partial charge in [0, 0.05) is 38.1 Å². The fourth-order valence-corrected chi connectivity index (χ4v) is 5.07. The molecule has 5 rings (SSSR count). The third kappa shape index (κ3) is 4.00. The van der Waals surface area contributed by atoms with Crippen LogP contribution in [0.25, 0.3) is 17.4 Å². The van der Waals surface area contributed by atoms with E-state index in [0.29, 0.717) is 27.7 Å². The lowest BCUT2D eigenvalue weighted by Gasteiger charge is -2.30. The second-order valence-corrected chi connectivity index (χ2v) is 9.12. The van der Waals surface area contributed by atoms with Gasteiger partial charge in [0.15, 0.2) is 0 Å². The van der Waals surface area contributed by atoms with Crippen LogP contribution >= 0.6 is 23.4 Å². The maximum atomic E-state index is 13.3. The van der Waals surface area contributed by atoms with Crippen molar-refractivity contribution in [2.75, 3.05) is 4.90 Å². The molecule has 2 heterocycles. The number of anilines is 2. The fraction of sp³-hybridized carbons (Fsp3) is 0.0385. The molecule has 0 bridgehead atoms. The van der Waals surface area contributed by atoms with Crippen LogP contribution in [0.2, 0.25) is 5.02 Å². The van der Waals surface area contributed by atoms with Gasteiger partial charge in [-0.15, -0.1) is 0 Å². The number of nitro groups is 1. The summed E-state index contributed by atoms with van der Waals surface area (Å²) in [4.78, 5) is 27.7. The Morgan fingerprint density at radius 1 is 1.03 bits per heavy atom. The lowest BCUT2D eigenvalue weighted by Crippen LogP contribution is -2.26. The van der Waals surface area contributed by atoms with Gasteiger partial charge >= 0.3 is 0 Å². The van der Waals surface area contributed by atoms with Crippen molar-refractivity contribution in [3.63, 3.8) is 0 Å². The van der Waals surface area contributed by atoms with Crippen molar-refractivity contribution < 1.29 is 14.1 Å². The zero-order valence-electron chi connectivity index (χ0n) is 17.9. The van der Waals surface area contributed by atoms with E-state index in [1.165, 1.54) is 12.1 Å². The molecule has 0 saturated heterocycles. The Kier molecular flexibility index (Phi) is 5.73. The zero-order chi connectivity index (χ0) is 23.8. The molecule has 0 unspecified atom stereocenters. The average molecular weight is 489 g/mol. The summed E-state index contributed by atoms with van der Waals surface area (Å²) in [5.41, 5.74) is 2.68. The van der Waals surface area contributed by atoms with Crippen molar-refractivity contribution in [2.45, 2.75) is 16.7 Å². The van der Waals surface area contributed by atoms with Crippen LogP contribution in [0.15, 0.2) is 93.1 Å². The number of para-hydroxylation sites is 1. The van der Waals surface area contributed by atoms with Gasteiger partial charge in [-0.3, -0.25) is 19.8 Å². The highest BCUT2D eigenvalue weighted by molar-refractivity contribution is 7.99. The molecular weight excluding hydrogens is 472 g/mol. The molecule has 4 aromatic rings. The molecule has 3 aromatic carbocycles. The number of rotatable bonds is 4. The minimum atomic E-state index is -0.417. The van der Waals surface area contributed by atoms with Gasteiger partial charge in [0.25, 0.3) is 11.6 Å². The Labute approximate surface area is 204 Å². The van der Waals surface area contributed by atoms with Crippen LogP contribution in [0.3, 0.4) is 0 Å². The number of nitrogens with zero attached hydrogens (tertiary/aromatic N) is 2. The van der Waals surface area contributed by atoms with Crippen molar-refractivity contribution in [2.24, 2.45) is 0 Å². The minimum absolute atomic E-state index is 0.0279. The number of nitro benzene ring substituents is 1. The lowest BCUT2D eigenvalue weighted by atomic mass is 10.1. The SMILES string of the molecule is Cc1c(-c2ccc(/C=C/C(=O)N3c4ccccc4Sc4ccc(Cl)cc43)o2)cccc1[N+](=O)[O-]. The summed E-state index contributed by atoms with van der Waals surface area (Å²) in [6, 6.07) is 21.5. The first kappa shape index (κ1) is 22.0. The van der Waals surface area contributed by atoms with Crippen LogP contribution < -0.4 is 4.90 Å². The summed E-state index contributed by atoms with van der Waals surface area (Å²) < 4.78 is 5.88. The number of carbonyl (C=O) groups is 1. The number of amides is 1. The molecular formula is C26H17ClN2O4S. The summed E-state index contributed by atoms with van der Waals surface area (Å²) in [6.07, 6.45) is 3.04. The van der Waals surface area contributed by atoms with E-state index in [1.807, 2.05) is 30.3 Å². The number of hydrogen-bond acceptors (Lipinski definition) is 5. The first-order valence-corrected chi connectivity index (χ1v) is 11.5. The van der Waals surface area contributed by atoms with E-state index >= 15 is 0 Å². The molecule has 0 saturated carbocycles. The predicted octanol–water partition coefficient (Wildman–Crippen LogP) is 7.66. The smallest absolute Gasteiger partial charge is 0.273 e. The number of benzene rings is 3. The van der Waals surface area contributed by atoms with Gasteiger partial charge in [0.2, 0.25) is 0 Å². The highest BCUT2D eigenvalue weighted by Crippen LogP contribution is 2.48. The Bertz CT molecular complexity index is 1480. The molecule has 34 heavy (non-hydrogen) atoms. The Balaban J connectivity index is 1.46. The number of fused-ring (bicyclic) bond motifs is 2. The fourth-order valence-electron chi connectivity index (χ4n) is 3.87. The summed E-state index contributed by atoms with van der Waals surface area (Å²) in [5, 5.41) is 11.8. The highest BCUT2D eigenvalue weighted by atomic mass is 35.5. The lowest BCUT2D eigenvalue weighted by molar-refractivity contribution is -0.385. The molecule has 0 atom stereocenters. The standard InChI is InChI=1S/C26H17ClN2O4S/c1-16-19(5-4-7-20(16)29(31)32)23-12-10-18(33-23)11-14-26(30)28-21-6-2-3-8-24(21)34-25-13-9-17(27)15-22(25)28/h2-15H,1H3/b14-11+. The summed E-state index contributed by atoms with van der Waals surface area (Å²) in [6.45, 7) is 1.68. The maximum Gasteiger partial charge on any atom is 0.273 e. The van der Waals surface area contributed by atoms with Crippen LogP contribution in [0.4, 0.5) is 17.1 Å². The average Bonchev–Trinajstić information content (AvgIpc) is 3.30. The van der Waals surface area contributed by atoms with Gasteiger partial charge in [-0.1, -0.05) is 47.6 Å². The predicted molar refractivity (Wildman–Crippen MR) is 134 cm³/mol. The van der Waals surface area contributed by atoms with E-state index in [-0.39, 0.29) is 11.6 Å². The molecule has 0 spiro atoms. The van der Waals surface area contributed by atoms with Crippen molar-refractivity contribution in [1.29, 1.82) is 0 Å². The highest BCUT2D eigenvalue weighted by Gasteiger charge is 2.27. The van der Waals surface area contributed by atoms with E-state index in [2.05, 4.69) is 0 Å². The second kappa shape index (κ2) is 8.85. The van der Waals surface area contributed by atoms with Crippen molar-refractivity contribution in [3.05, 3.63) is 105 Å². The van der Waals surface area contributed by atoms with Crippen LogP contribution in [0.5, 0.6) is 0 Å². The van der Waals surface area contributed by atoms with E-state index in [9.17, 15) is 14.9 Å². The molecule has 168 valence electrons. The van der Waals surface area contributed by atoms with E-state index < -0.39 is 4.92 Å². The van der Waals surface area contributed by atoms with Crippen LogP contribution in [0.1, 0.15) is 11.3 Å². The topological polar surface area (TPSA) is 76.6 Å². The summed E-state index contributed by atoms with van der Waals surface area (Å²) >= 11 is 7.82. The summed E-state index contributed by atoms with van der Waals surface area (Å²) in [5.74, 6) is 0.700. The largest absolute Gasteiger partial charge is 0.457 e. The molecule has 1 aromatic heterocycles.